The number of benzene rings is 4. The van der Waals surface area contributed by atoms with Crippen LogP contribution in [0.25, 0.3) is 38.6 Å². The summed E-state index contributed by atoms with van der Waals surface area (Å²) in [6.45, 7) is 0. The van der Waals surface area contributed by atoms with E-state index in [1.54, 1.807) is 0 Å². The highest BCUT2D eigenvalue weighted by atomic mass is 16.3. The zero-order valence-corrected chi connectivity index (χ0v) is 17.7. The quantitative estimate of drug-likeness (QED) is 0.319. The van der Waals surface area contributed by atoms with Crippen molar-refractivity contribution in [3.8, 4) is 11.1 Å². The molecule has 0 amide bonds. The van der Waals surface area contributed by atoms with Gasteiger partial charge in [0, 0.05) is 27.7 Å². The van der Waals surface area contributed by atoms with Gasteiger partial charge < -0.3 is 9.73 Å². The standard InChI is InChI=1S/C30H23NO/c1-2-8-21(9-3-1)23-10-6-11-25(20-23)31-24-18-16-22(17-19-24)26-13-7-14-28-27-12-4-5-15-29(27)32-30(26)28/h2,4-20,31H,1,3H2. The molecule has 0 radical (unpaired) electrons. The third-order valence-corrected chi connectivity index (χ3v) is 6.08. The molecule has 32 heavy (non-hydrogen) atoms. The van der Waals surface area contributed by atoms with Crippen molar-refractivity contribution in [3.63, 3.8) is 0 Å². The Morgan fingerprint density at radius 2 is 1.50 bits per heavy atom. The van der Waals surface area contributed by atoms with Crippen LogP contribution in [-0.4, -0.2) is 0 Å². The zero-order valence-electron chi connectivity index (χ0n) is 17.7. The van der Waals surface area contributed by atoms with Gasteiger partial charge in [0.15, 0.2) is 0 Å². The molecule has 2 nitrogen and oxygen atoms in total. The SMILES string of the molecule is C1=CC(c2cccc(Nc3ccc(-c4cccc5c4oc4ccccc45)cc3)c2)=CCC1. The van der Waals surface area contributed by atoms with Gasteiger partial charge in [-0.25, -0.2) is 0 Å². The molecule has 0 spiro atoms. The summed E-state index contributed by atoms with van der Waals surface area (Å²) in [5.41, 5.74) is 8.83. The molecule has 0 saturated carbocycles. The fourth-order valence-corrected chi connectivity index (χ4v) is 4.48. The van der Waals surface area contributed by atoms with E-state index in [1.807, 2.05) is 12.1 Å². The molecule has 6 rings (SSSR count). The highest BCUT2D eigenvalue weighted by molar-refractivity contribution is 6.09. The number of allylic oxidation sites excluding steroid dienone is 4. The lowest BCUT2D eigenvalue weighted by molar-refractivity contribution is 0.670. The van der Waals surface area contributed by atoms with Crippen molar-refractivity contribution >= 4 is 38.9 Å². The molecular formula is C30H23NO. The Labute approximate surface area is 187 Å². The van der Waals surface area contributed by atoms with Gasteiger partial charge in [-0.3, -0.25) is 0 Å². The molecule has 0 unspecified atom stereocenters. The van der Waals surface area contributed by atoms with Gasteiger partial charge in [0.25, 0.3) is 0 Å². The smallest absolute Gasteiger partial charge is 0.143 e. The van der Waals surface area contributed by atoms with Crippen LogP contribution in [0.15, 0.2) is 114 Å². The van der Waals surface area contributed by atoms with E-state index in [0.29, 0.717) is 0 Å². The van der Waals surface area contributed by atoms with Crippen LogP contribution in [0.3, 0.4) is 0 Å². The Balaban J connectivity index is 1.30. The lowest BCUT2D eigenvalue weighted by Gasteiger charge is -2.11. The fourth-order valence-electron chi connectivity index (χ4n) is 4.48. The summed E-state index contributed by atoms with van der Waals surface area (Å²) in [5.74, 6) is 0. The van der Waals surface area contributed by atoms with E-state index in [0.717, 1.165) is 57.3 Å². The van der Waals surface area contributed by atoms with E-state index in [4.69, 9.17) is 4.42 Å². The predicted molar refractivity (Wildman–Crippen MR) is 135 cm³/mol. The van der Waals surface area contributed by atoms with Crippen LogP contribution in [0.1, 0.15) is 18.4 Å². The molecule has 1 aliphatic rings. The molecule has 0 saturated heterocycles. The first-order chi connectivity index (χ1) is 15.8. The Kier molecular flexibility index (Phi) is 4.62. The van der Waals surface area contributed by atoms with E-state index in [-0.39, 0.29) is 0 Å². The van der Waals surface area contributed by atoms with E-state index in [1.165, 1.54) is 11.1 Å². The lowest BCUT2D eigenvalue weighted by Crippen LogP contribution is -1.92. The van der Waals surface area contributed by atoms with Crippen molar-refractivity contribution < 1.29 is 4.42 Å². The first-order valence-electron chi connectivity index (χ1n) is 11.1. The van der Waals surface area contributed by atoms with Crippen LogP contribution in [0, 0.1) is 0 Å². The molecule has 0 bridgehead atoms. The first kappa shape index (κ1) is 18.7. The highest BCUT2D eigenvalue weighted by Gasteiger charge is 2.11. The zero-order chi connectivity index (χ0) is 21.3. The maximum Gasteiger partial charge on any atom is 0.143 e. The van der Waals surface area contributed by atoms with Gasteiger partial charge in [-0.05, 0) is 59.9 Å². The minimum atomic E-state index is 0.927. The van der Waals surface area contributed by atoms with Crippen LogP contribution >= 0.6 is 0 Å². The maximum atomic E-state index is 6.21. The predicted octanol–water partition coefficient (Wildman–Crippen LogP) is 8.73. The van der Waals surface area contributed by atoms with Gasteiger partial charge in [-0.2, -0.15) is 0 Å². The monoisotopic (exact) mass is 413 g/mol. The summed E-state index contributed by atoms with van der Waals surface area (Å²) in [5, 5.41) is 5.86. The van der Waals surface area contributed by atoms with Crippen molar-refractivity contribution in [1.29, 1.82) is 0 Å². The van der Waals surface area contributed by atoms with Crippen molar-refractivity contribution in [2.45, 2.75) is 12.8 Å². The average Bonchev–Trinajstić information content (AvgIpc) is 3.24. The third kappa shape index (κ3) is 3.40. The summed E-state index contributed by atoms with van der Waals surface area (Å²) in [7, 11) is 0. The third-order valence-electron chi connectivity index (χ3n) is 6.08. The van der Waals surface area contributed by atoms with E-state index < -0.39 is 0 Å². The van der Waals surface area contributed by atoms with Crippen LogP contribution in [0.5, 0.6) is 0 Å². The summed E-state index contributed by atoms with van der Waals surface area (Å²) < 4.78 is 6.21. The molecule has 2 heteroatoms. The van der Waals surface area contributed by atoms with Gasteiger partial charge in [-0.1, -0.05) is 78.9 Å². The normalized spacial score (nSPS) is 13.4. The number of fused-ring (bicyclic) bond motifs is 3. The summed E-state index contributed by atoms with van der Waals surface area (Å²) in [6.07, 6.45) is 9.03. The van der Waals surface area contributed by atoms with Crippen LogP contribution < -0.4 is 5.32 Å². The Hall–Kier alpha value is -4.04. The van der Waals surface area contributed by atoms with E-state index >= 15 is 0 Å². The number of rotatable bonds is 4. The van der Waals surface area contributed by atoms with Crippen molar-refractivity contribution in [2.24, 2.45) is 0 Å². The number of hydrogen-bond donors (Lipinski definition) is 1. The Morgan fingerprint density at radius 1 is 0.656 bits per heavy atom. The topological polar surface area (TPSA) is 25.2 Å². The molecule has 1 heterocycles. The Morgan fingerprint density at radius 3 is 2.38 bits per heavy atom. The second-order valence-corrected chi connectivity index (χ2v) is 8.20. The van der Waals surface area contributed by atoms with Crippen LogP contribution in [0.4, 0.5) is 11.4 Å². The van der Waals surface area contributed by atoms with Crippen molar-refractivity contribution in [2.75, 3.05) is 5.32 Å². The minimum Gasteiger partial charge on any atom is -0.455 e. The number of nitrogens with one attached hydrogen (secondary N) is 1. The molecule has 154 valence electrons. The molecule has 0 atom stereocenters. The molecule has 5 aromatic rings. The van der Waals surface area contributed by atoms with Crippen LogP contribution in [-0.2, 0) is 0 Å². The van der Waals surface area contributed by atoms with Crippen LogP contribution in [0.2, 0.25) is 0 Å². The fraction of sp³-hybridized carbons (Fsp3) is 0.0667. The second-order valence-electron chi connectivity index (χ2n) is 8.20. The first-order valence-corrected chi connectivity index (χ1v) is 11.1. The molecule has 1 N–H and O–H groups in total. The van der Waals surface area contributed by atoms with E-state index in [2.05, 4.69) is 102 Å². The van der Waals surface area contributed by atoms with Gasteiger partial charge >= 0.3 is 0 Å². The summed E-state index contributed by atoms with van der Waals surface area (Å²) >= 11 is 0. The number of para-hydroxylation sites is 2. The minimum absolute atomic E-state index is 0.927. The largest absolute Gasteiger partial charge is 0.455 e. The molecule has 4 aromatic carbocycles. The van der Waals surface area contributed by atoms with Crippen molar-refractivity contribution in [1.82, 2.24) is 0 Å². The van der Waals surface area contributed by atoms with Gasteiger partial charge in [0.2, 0.25) is 0 Å². The summed E-state index contributed by atoms with van der Waals surface area (Å²) in [6, 6.07) is 31.7. The summed E-state index contributed by atoms with van der Waals surface area (Å²) in [4.78, 5) is 0. The number of anilines is 2. The van der Waals surface area contributed by atoms with E-state index in [9.17, 15) is 0 Å². The molecular weight excluding hydrogens is 390 g/mol. The average molecular weight is 414 g/mol. The Bertz CT molecular complexity index is 1480. The number of hydrogen-bond acceptors (Lipinski definition) is 2. The molecule has 1 aromatic heterocycles. The van der Waals surface area contributed by atoms with Gasteiger partial charge in [-0.15, -0.1) is 0 Å². The molecule has 0 fully saturated rings. The van der Waals surface area contributed by atoms with Gasteiger partial charge in [0.1, 0.15) is 11.2 Å². The maximum absolute atomic E-state index is 6.21. The highest BCUT2D eigenvalue weighted by Crippen LogP contribution is 2.36. The number of furan rings is 1. The lowest BCUT2D eigenvalue weighted by atomic mass is 9.99. The second kappa shape index (κ2) is 7.90. The van der Waals surface area contributed by atoms with Gasteiger partial charge in [0.05, 0.1) is 0 Å². The molecule has 1 aliphatic carbocycles. The molecule has 0 aliphatic heterocycles. The van der Waals surface area contributed by atoms with Crippen molar-refractivity contribution in [3.05, 3.63) is 115 Å².